The quantitative estimate of drug-likeness (QED) is 0.803. The third-order valence-corrected chi connectivity index (χ3v) is 5.17. The topological polar surface area (TPSA) is 70.8 Å². The van der Waals surface area contributed by atoms with Gasteiger partial charge in [-0.3, -0.25) is 14.4 Å². The molecule has 0 saturated carbocycles. The molecule has 0 spiro atoms. The van der Waals surface area contributed by atoms with Crippen LogP contribution in [-0.2, 0) is 16.1 Å². The van der Waals surface area contributed by atoms with Gasteiger partial charge in [-0.05, 0) is 30.7 Å². The van der Waals surface area contributed by atoms with Gasteiger partial charge in [-0.1, -0.05) is 0 Å². The molecule has 0 radical (unpaired) electrons. The first-order valence-electron chi connectivity index (χ1n) is 9.32. The maximum atomic E-state index is 12.6. The summed E-state index contributed by atoms with van der Waals surface area (Å²) in [6.45, 7) is 8.74. The van der Waals surface area contributed by atoms with Crippen LogP contribution in [0.4, 0.5) is 0 Å². The third-order valence-electron chi connectivity index (χ3n) is 5.17. The van der Waals surface area contributed by atoms with Crippen LogP contribution in [0.15, 0.2) is 12.4 Å². The Morgan fingerprint density at radius 3 is 2.76 bits per heavy atom. The summed E-state index contributed by atoms with van der Waals surface area (Å²) >= 11 is 0. The van der Waals surface area contributed by atoms with Crippen LogP contribution < -0.4 is 0 Å². The zero-order valence-corrected chi connectivity index (χ0v) is 15.1. The molecule has 1 aromatic rings. The van der Waals surface area contributed by atoms with Crippen LogP contribution in [0.5, 0.6) is 0 Å². The van der Waals surface area contributed by atoms with Crippen molar-refractivity contribution in [2.24, 2.45) is 11.8 Å². The molecule has 0 aliphatic carbocycles. The molecule has 1 aromatic heterocycles. The van der Waals surface area contributed by atoms with E-state index in [1.807, 2.05) is 28.9 Å². The van der Waals surface area contributed by atoms with Gasteiger partial charge in [-0.25, -0.2) is 0 Å². The van der Waals surface area contributed by atoms with Crippen LogP contribution in [0.25, 0.3) is 0 Å². The summed E-state index contributed by atoms with van der Waals surface area (Å²) in [5.74, 6) is 0.786. The fourth-order valence-corrected chi connectivity index (χ4v) is 3.89. The van der Waals surface area contributed by atoms with Crippen molar-refractivity contribution in [1.29, 1.82) is 0 Å². The van der Waals surface area contributed by atoms with E-state index < -0.39 is 0 Å². The number of aromatic nitrogens is 2. The minimum atomic E-state index is 0.155. The Hall–Kier alpha value is -1.44. The van der Waals surface area contributed by atoms with Crippen LogP contribution >= 0.6 is 0 Å². The molecule has 7 heteroatoms. The lowest BCUT2D eigenvalue weighted by Gasteiger charge is -2.40. The van der Waals surface area contributed by atoms with E-state index in [4.69, 9.17) is 4.74 Å². The Bertz CT molecular complexity index is 556. The molecule has 7 nitrogen and oxygen atoms in total. The second kappa shape index (κ2) is 8.78. The highest BCUT2D eigenvalue weighted by Crippen LogP contribution is 2.23. The number of piperidine rings is 1. The first-order valence-corrected chi connectivity index (χ1v) is 9.32. The van der Waals surface area contributed by atoms with Gasteiger partial charge < -0.3 is 14.7 Å². The maximum Gasteiger partial charge on any atom is 0.224 e. The number of aliphatic hydroxyl groups excluding tert-OH is 1. The summed E-state index contributed by atoms with van der Waals surface area (Å²) < 4.78 is 7.24. The lowest BCUT2D eigenvalue weighted by atomic mass is 9.89. The molecule has 25 heavy (non-hydrogen) atoms. The van der Waals surface area contributed by atoms with Crippen LogP contribution in [0, 0.1) is 18.8 Å². The summed E-state index contributed by atoms with van der Waals surface area (Å²) in [6, 6.07) is 0. The van der Waals surface area contributed by atoms with Crippen molar-refractivity contribution < 1.29 is 14.6 Å². The van der Waals surface area contributed by atoms with Gasteiger partial charge in [-0.2, -0.15) is 5.10 Å². The lowest BCUT2D eigenvalue weighted by molar-refractivity contribution is -0.135. The SMILES string of the molecule is Cc1cnn(CCC(=O)N2CC(CO)CC(CN3CCOCC3)C2)c1. The third kappa shape index (κ3) is 5.26. The normalized spacial score (nSPS) is 25.3. The van der Waals surface area contributed by atoms with Crippen molar-refractivity contribution in [3.63, 3.8) is 0 Å². The van der Waals surface area contributed by atoms with E-state index in [2.05, 4.69) is 10.00 Å². The molecule has 2 aliphatic heterocycles. The van der Waals surface area contributed by atoms with Gasteiger partial charge >= 0.3 is 0 Å². The van der Waals surface area contributed by atoms with E-state index in [9.17, 15) is 9.90 Å². The zero-order chi connectivity index (χ0) is 17.6. The number of aryl methyl sites for hydroxylation is 2. The Kier molecular flexibility index (Phi) is 6.45. The molecule has 1 N–H and O–H groups in total. The minimum absolute atomic E-state index is 0.155. The average molecular weight is 350 g/mol. The molecule has 2 atom stereocenters. The van der Waals surface area contributed by atoms with Crippen molar-refractivity contribution in [3.05, 3.63) is 18.0 Å². The number of morpholine rings is 1. The molecule has 2 saturated heterocycles. The van der Waals surface area contributed by atoms with Crippen molar-refractivity contribution in [2.45, 2.75) is 26.3 Å². The van der Waals surface area contributed by atoms with Crippen molar-refractivity contribution in [1.82, 2.24) is 19.6 Å². The second-order valence-electron chi connectivity index (χ2n) is 7.39. The van der Waals surface area contributed by atoms with Crippen LogP contribution in [0.1, 0.15) is 18.4 Å². The molecule has 1 amide bonds. The van der Waals surface area contributed by atoms with Gasteiger partial charge in [0.05, 0.1) is 19.4 Å². The molecule has 0 bridgehead atoms. The van der Waals surface area contributed by atoms with E-state index in [1.54, 1.807) is 0 Å². The number of rotatable bonds is 6. The molecule has 3 rings (SSSR count). The molecule has 0 aromatic carbocycles. The fourth-order valence-electron chi connectivity index (χ4n) is 3.89. The first-order chi connectivity index (χ1) is 12.1. The van der Waals surface area contributed by atoms with E-state index in [0.29, 0.717) is 25.4 Å². The Labute approximate surface area is 149 Å². The van der Waals surface area contributed by atoms with Crippen LogP contribution in [-0.4, -0.2) is 83.1 Å². The number of likely N-dealkylation sites (tertiary alicyclic amines) is 1. The van der Waals surface area contributed by atoms with Crippen LogP contribution in [0.2, 0.25) is 0 Å². The smallest absolute Gasteiger partial charge is 0.224 e. The Morgan fingerprint density at radius 2 is 2.08 bits per heavy atom. The largest absolute Gasteiger partial charge is 0.396 e. The molecule has 2 fully saturated rings. The Morgan fingerprint density at radius 1 is 1.32 bits per heavy atom. The number of ether oxygens (including phenoxy) is 1. The second-order valence-corrected chi connectivity index (χ2v) is 7.39. The number of carbonyl (C=O) groups excluding carboxylic acids is 1. The van der Waals surface area contributed by atoms with E-state index >= 15 is 0 Å². The molecule has 3 heterocycles. The van der Waals surface area contributed by atoms with Crippen molar-refractivity contribution in [3.8, 4) is 0 Å². The number of amides is 1. The van der Waals surface area contributed by atoms with Gasteiger partial charge in [0.15, 0.2) is 0 Å². The molecular formula is C18H30N4O3. The molecular weight excluding hydrogens is 320 g/mol. The number of carbonyl (C=O) groups is 1. The van der Waals surface area contributed by atoms with Gasteiger partial charge in [0.2, 0.25) is 5.91 Å². The highest BCUT2D eigenvalue weighted by atomic mass is 16.5. The molecule has 2 aliphatic rings. The highest BCUT2D eigenvalue weighted by molar-refractivity contribution is 5.76. The van der Waals surface area contributed by atoms with Gasteiger partial charge in [0.1, 0.15) is 0 Å². The number of hydrogen-bond donors (Lipinski definition) is 1. The lowest BCUT2D eigenvalue weighted by Crippen LogP contribution is -2.49. The predicted octanol–water partition coefficient (Wildman–Crippen LogP) is 0.371. The zero-order valence-electron chi connectivity index (χ0n) is 15.1. The van der Waals surface area contributed by atoms with Crippen LogP contribution in [0.3, 0.4) is 0 Å². The number of hydrogen-bond acceptors (Lipinski definition) is 5. The monoisotopic (exact) mass is 350 g/mol. The summed E-state index contributed by atoms with van der Waals surface area (Å²) in [4.78, 5) is 17.0. The fraction of sp³-hybridized carbons (Fsp3) is 0.778. The van der Waals surface area contributed by atoms with E-state index in [0.717, 1.165) is 51.4 Å². The summed E-state index contributed by atoms with van der Waals surface area (Å²) in [5.41, 5.74) is 1.11. The summed E-state index contributed by atoms with van der Waals surface area (Å²) in [7, 11) is 0. The molecule has 2 unspecified atom stereocenters. The van der Waals surface area contributed by atoms with Gasteiger partial charge in [-0.15, -0.1) is 0 Å². The van der Waals surface area contributed by atoms with E-state index in [1.165, 1.54) is 0 Å². The number of nitrogens with zero attached hydrogens (tertiary/aromatic N) is 4. The van der Waals surface area contributed by atoms with E-state index in [-0.39, 0.29) is 18.4 Å². The summed E-state index contributed by atoms with van der Waals surface area (Å²) in [6.07, 6.45) is 5.23. The highest BCUT2D eigenvalue weighted by Gasteiger charge is 2.30. The van der Waals surface area contributed by atoms with Gasteiger partial charge in [0.25, 0.3) is 0 Å². The predicted molar refractivity (Wildman–Crippen MR) is 94.1 cm³/mol. The standard InChI is InChI=1S/C18H30N4O3/c1-15-9-19-22(10-15)3-2-18(24)21-12-16(8-17(13-21)14-23)11-20-4-6-25-7-5-20/h9-10,16-17,23H,2-8,11-14H2,1H3. The van der Waals surface area contributed by atoms with Crippen molar-refractivity contribution in [2.75, 3.05) is 52.5 Å². The van der Waals surface area contributed by atoms with Gasteiger partial charge in [0, 0.05) is 58.5 Å². The van der Waals surface area contributed by atoms with Crippen molar-refractivity contribution >= 4 is 5.91 Å². The Balaban J connectivity index is 1.52. The first kappa shape index (κ1) is 18.4. The average Bonchev–Trinajstić information content (AvgIpc) is 3.05. The number of aliphatic hydroxyl groups is 1. The molecule has 140 valence electrons. The minimum Gasteiger partial charge on any atom is -0.396 e. The maximum absolute atomic E-state index is 12.6. The summed E-state index contributed by atoms with van der Waals surface area (Å²) in [5, 5.41) is 13.9.